The number of ether oxygens (including phenoxy) is 3. The van der Waals surface area contributed by atoms with Gasteiger partial charge in [0.05, 0.1) is 16.4 Å². The fraction of sp³-hybridized carbons (Fsp3) is 0.211. The molecule has 30 heavy (non-hydrogen) atoms. The minimum atomic E-state index is -0.516. The fourth-order valence-electron chi connectivity index (χ4n) is 2.78. The van der Waals surface area contributed by atoms with Gasteiger partial charge in [0, 0.05) is 17.7 Å². The summed E-state index contributed by atoms with van der Waals surface area (Å²) in [6.45, 7) is 0.614. The van der Waals surface area contributed by atoms with E-state index < -0.39 is 10.9 Å². The van der Waals surface area contributed by atoms with Gasteiger partial charge in [-0.15, -0.1) is 10.2 Å². The van der Waals surface area contributed by atoms with Crippen LogP contribution in [0.2, 0.25) is 5.02 Å². The zero-order valence-corrected chi connectivity index (χ0v) is 16.1. The molecule has 0 saturated carbocycles. The molecule has 2 heterocycles. The third-order valence-electron chi connectivity index (χ3n) is 4.15. The Labute approximate surface area is 174 Å². The smallest absolute Gasteiger partial charge is 0.310 e. The lowest BCUT2D eigenvalue weighted by Gasteiger charge is -2.20. The van der Waals surface area contributed by atoms with Crippen molar-refractivity contribution in [2.24, 2.45) is 0 Å². The molecule has 0 fully saturated rings. The van der Waals surface area contributed by atoms with Gasteiger partial charge in [-0.1, -0.05) is 11.6 Å². The van der Waals surface area contributed by atoms with Gasteiger partial charge in [0.1, 0.15) is 13.2 Å². The highest BCUT2D eigenvalue weighted by Gasteiger charge is 2.18. The molecule has 154 valence electrons. The molecule has 2 aromatic carbocycles. The second-order valence-corrected chi connectivity index (χ2v) is 6.65. The van der Waals surface area contributed by atoms with Gasteiger partial charge < -0.3 is 18.6 Å². The predicted molar refractivity (Wildman–Crippen MR) is 102 cm³/mol. The lowest BCUT2D eigenvalue weighted by molar-refractivity contribution is -0.384. The lowest BCUT2D eigenvalue weighted by atomic mass is 10.1. The van der Waals surface area contributed by atoms with Crippen LogP contribution in [0.25, 0.3) is 11.5 Å². The quantitative estimate of drug-likeness (QED) is 0.328. The number of nitro groups is 1. The number of aromatic nitrogens is 2. The highest BCUT2D eigenvalue weighted by Crippen LogP contribution is 2.38. The van der Waals surface area contributed by atoms with Crippen LogP contribution >= 0.6 is 11.6 Å². The summed E-state index contributed by atoms with van der Waals surface area (Å²) >= 11 is 6.16. The Morgan fingerprint density at radius 3 is 2.70 bits per heavy atom. The van der Waals surface area contributed by atoms with Gasteiger partial charge in [-0.05, 0) is 29.8 Å². The number of fused-ring (bicyclic) bond motifs is 1. The van der Waals surface area contributed by atoms with E-state index in [1.165, 1.54) is 24.3 Å². The largest absolute Gasteiger partial charge is 0.486 e. The van der Waals surface area contributed by atoms with Crippen LogP contribution in [-0.4, -0.2) is 34.3 Å². The number of hydrogen-bond donors (Lipinski definition) is 0. The number of carbonyl (C=O) groups is 1. The number of nitro benzene ring substituents is 1. The van der Waals surface area contributed by atoms with Crippen molar-refractivity contribution < 1.29 is 28.3 Å². The summed E-state index contributed by atoms with van der Waals surface area (Å²) in [5.41, 5.74) is 1.08. The molecule has 11 heteroatoms. The molecule has 0 saturated heterocycles. The third kappa shape index (κ3) is 4.33. The van der Waals surface area contributed by atoms with Gasteiger partial charge in [0.25, 0.3) is 11.6 Å². The van der Waals surface area contributed by atoms with Crippen molar-refractivity contribution in [2.45, 2.75) is 13.0 Å². The molecule has 0 radical (unpaired) electrons. The molecule has 0 aliphatic carbocycles. The number of halogens is 1. The molecule has 0 N–H and O–H groups in total. The van der Waals surface area contributed by atoms with Crippen molar-refractivity contribution in [3.05, 3.63) is 63.0 Å². The third-order valence-corrected chi connectivity index (χ3v) is 4.43. The molecule has 3 aromatic rings. The maximum Gasteiger partial charge on any atom is 0.310 e. The van der Waals surface area contributed by atoms with Gasteiger partial charge in [0.2, 0.25) is 5.89 Å². The Morgan fingerprint density at radius 2 is 1.93 bits per heavy atom. The minimum Gasteiger partial charge on any atom is -0.486 e. The summed E-state index contributed by atoms with van der Waals surface area (Å²) in [5, 5.41) is 18.7. The van der Waals surface area contributed by atoms with Crippen LogP contribution in [-0.2, 0) is 22.6 Å². The van der Waals surface area contributed by atoms with Gasteiger partial charge >= 0.3 is 5.97 Å². The van der Waals surface area contributed by atoms with Gasteiger partial charge in [-0.25, -0.2) is 0 Å². The van der Waals surface area contributed by atoms with E-state index in [1.54, 1.807) is 12.1 Å². The van der Waals surface area contributed by atoms with E-state index in [-0.39, 0.29) is 30.5 Å². The molecule has 0 amide bonds. The van der Waals surface area contributed by atoms with Gasteiger partial charge in [-0.3, -0.25) is 14.9 Å². The van der Waals surface area contributed by atoms with E-state index in [0.29, 0.717) is 40.9 Å². The highest BCUT2D eigenvalue weighted by atomic mass is 35.5. The molecule has 4 rings (SSSR count). The van der Waals surface area contributed by atoms with Crippen molar-refractivity contribution in [3.8, 4) is 23.0 Å². The molecule has 1 aromatic heterocycles. The summed E-state index contributed by atoms with van der Waals surface area (Å²) in [6, 6.07) is 8.95. The van der Waals surface area contributed by atoms with Crippen molar-refractivity contribution in [1.29, 1.82) is 0 Å². The average Bonchev–Trinajstić information content (AvgIpc) is 3.21. The molecular weight excluding hydrogens is 418 g/mol. The van der Waals surface area contributed by atoms with Crippen LogP contribution in [0.15, 0.2) is 40.8 Å². The Hall–Kier alpha value is -3.66. The summed E-state index contributed by atoms with van der Waals surface area (Å²) in [7, 11) is 0. The molecule has 0 spiro atoms. The Balaban J connectivity index is 1.35. The normalized spacial score (nSPS) is 12.4. The molecule has 0 atom stereocenters. The summed E-state index contributed by atoms with van der Waals surface area (Å²) in [4.78, 5) is 22.4. The van der Waals surface area contributed by atoms with Crippen LogP contribution in [0, 0.1) is 10.1 Å². The molecule has 1 aliphatic rings. The van der Waals surface area contributed by atoms with E-state index in [4.69, 9.17) is 30.2 Å². The number of carbonyl (C=O) groups excluding carboxylic acids is 1. The topological polar surface area (TPSA) is 127 Å². The van der Waals surface area contributed by atoms with E-state index in [2.05, 4.69) is 10.2 Å². The van der Waals surface area contributed by atoms with Crippen molar-refractivity contribution in [1.82, 2.24) is 10.2 Å². The predicted octanol–water partition coefficient (Wildman–Crippen LogP) is 3.36. The molecule has 0 bridgehead atoms. The number of hydrogen-bond acceptors (Lipinski definition) is 9. The van der Waals surface area contributed by atoms with Crippen LogP contribution < -0.4 is 9.47 Å². The first-order valence-electron chi connectivity index (χ1n) is 8.80. The first kappa shape index (κ1) is 19.6. The minimum absolute atomic E-state index is 0.0281. The van der Waals surface area contributed by atoms with E-state index in [0.717, 1.165) is 0 Å². The standard InChI is InChI=1S/C19H14ClN3O7/c20-14-7-11(8-15-18(14)28-6-5-27-15)9-17(24)29-10-16-21-22-19(30-16)12-1-3-13(4-2-12)23(25)26/h1-4,7-8H,5-6,9-10H2. The number of esters is 1. The van der Waals surface area contributed by atoms with E-state index >= 15 is 0 Å². The molecule has 0 unspecified atom stereocenters. The average molecular weight is 432 g/mol. The zero-order valence-electron chi connectivity index (χ0n) is 15.4. The maximum atomic E-state index is 12.2. The van der Waals surface area contributed by atoms with Crippen LogP contribution in [0.1, 0.15) is 11.5 Å². The summed E-state index contributed by atoms with van der Waals surface area (Å²) < 4.78 is 21.5. The first-order chi connectivity index (χ1) is 14.5. The van der Waals surface area contributed by atoms with Crippen LogP contribution in [0.3, 0.4) is 0 Å². The second-order valence-electron chi connectivity index (χ2n) is 6.24. The van der Waals surface area contributed by atoms with Gasteiger partial charge in [-0.2, -0.15) is 0 Å². The highest BCUT2D eigenvalue weighted by molar-refractivity contribution is 6.32. The summed E-state index contributed by atoms with van der Waals surface area (Å²) in [6.07, 6.45) is -0.0281. The molecular formula is C19H14ClN3O7. The summed E-state index contributed by atoms with van der Waals surface area (Å²) in [5.74, 6) is 0.690. The van der Waals surface area contributed by atoms with E-state index in [9.17, 15) is 14.9 Å². The molecule has 1 aliphatic heterocycles. The number of non-ortho nitro benzene ring substituents is 1. The monoisotopic (exact) mass is 431 g/mol. The van der Waals surface area contributed by atoms with Crippen molar-refractivity contribution >= 4 is 23.3 Å². The maximum absolute atomic E-state index is 12.2. The second kappa shape index (κ2) is 8.37. The number of benzene rings is 2. The Morgan fingerprint density at radius 1 is 1.17 bits per heavy atom. The van der Waals surface area contributed by atoms with Crippen molar-refractivity contribution in [2.75, 3.05) is 13.2 Å². The molecule has 10 nitrogen and oxygen atoms in total. The number of nitrogens with zero attached hydrogens (tertiary/aromatic N) is 3. The van der Waals surface area contributed by atoms with E-state index in [1.807, 2.05) is 0 Å². The number of rotatable bonds is 6. The lowest BCUT2D eigenvalue weighted by Crippen LogP contribution is -2.16. The van der Waals surface area contributed by atoms with Crippen LogP contribution in [0.5, 0.6) is 11.5 Å². The van der Waals surface area contributed by atoms with Crippen molar-refractivity contribution in [3.63, 3.8) is 0 Å². The van der Waals surface area contributed by atoms with Crippen LogP contribution in [0.4, 0.5) is 5.69 Å². The Kier molecular flexibility index (Phi) is 5.48. The fourth-order valence-corrected chi connectivity index (χ4v) is 3.07. The first-order valence-corrected chi connectivity index (χ1v) is 9.18. The zero-order chi connectivity index (χ0) is 21.1. The van der Waals surface area contributed by atoms with Gasteiger partial charge in [0.15, 0.2) is 18.1 Å². The SMILES string of the molecule is O=C(Cc1cc(Cl)c2c(c1)OCCO2)OCc1nnc(-c2ccc([N+](=O)[O-])cc2)o1. The Bertz CT molecular complexity index is 1100.